The molecule has 0 aliphatic heterocycles. The van der Waals surface area contributed by atoms with E-state index in [9.17, 15) is 0 Å². The van der Waals surface area contributed by atoms with Crippen LogP contribution >= 0.6 is 0 Å². The molecule has 1 aliphatic rings. The van der Waals surface area contributed by atoms with Crippen molar-refractivity contribution in [1.82, 2.24) is 5.32 Å². The van der Waals surface area contributed by atoms with Gasteiger partial charge >= 0.3 is 0 Å². The Labute approximate surface area is 127 Å². The average molecular weight is 293 g/mol. The summed E-state index contributed by atoms with van der Waals surface area (Å²) in [6.45, 7) is 4.46. The molecule has 4 heteroatoms. The molecule has 0 aromatic heterocycles. The summed E-state index contributed by atoms with van der Waals surface area (Å²) in [6.07, 6.45) is 5.95. The highest BCUT2D eigenvalue weighted by Crippen LogP contribution is 2.32. The van der Waals surface area contributed by atoms with Crippen molar-refractivity contribution in [3.05, 3.63) is 23.8 Å². The maximum atomic E-state index is 8.77. The zero-order chi connectivity index (χ0) is 14.9. The first kappa shape index (κ1) is 16.1. The summed E-state index contributed by atoms with van der Waals surface area (Å²) in [5.74, 6) is 1.70. The summed E-state index contributed by atoms with van der Waals surface area (Å²) in [4.78, 5) is 0. The molecular weight excluding hydrogens is 266 g/mol. The summed E-state index contributed by atoms with van der Waals surface area (Å²) in [5.41, 5.74) is 1.18. The Morgan fingerprint density at radius 1 is 1.24 bits per heavy atom. The van der Waals surface area contributed by atoms with Crippen molar-refractivity contribution in [3.8, 4) is 11.5 Å². The highest BCUT2D eigenvalue weighted by Gasteiger charge is 2.18. The number of ether oxygens (including phenoxy) is 2. The Balaban J connectivity index is 1.96. The van der Waals surface area contributed by atoms with Crippen LogP contribution in [0.1, 0.15) is 44.6 Å². The average Bonchev–Trinajstić information content (AvgIpc) is 2.99. The quantitative estimate of drug-likeness (QED) is 0.687. The molecule has 4 nitrogen and oxygen atoms in total. The topological polar surface area (TPSA) is 50.7 Å². The molecule has 0 bridgehead atoms. The minimum absolute atomic E-state index is 0.228. The van der Waals surface area contributed by atoms with Crippen molar-refractivity contribution >= 4 is 0 Å². The SMILES string of the molecule is CCOc1cc(CNCCCO)ccc1OC1CCCC1. The number of hydrogen-bond acceptors (Lipinski definition) is 4. The number of nitrogens with one attached hydrogen (secondary N) is 1. The third-order valence-corrected chi connectivity index (χ3v) is 3.74. The predicted molar refractivity (Wildman–Crippen MR) is 83.9 cm³/mol. The van der Waals surface area contributed by atoms with Gasteiger partial charge in [0.1, 0.15) is 0 Å². The van der Waals surface area contributed by atoms with E-state index in [1.54, 1.807) is 0 Å². The molecule has 1 saturated carbocycles. The van der Waals surface area contributed by atoms with Crippen LogP contribution in [0, 0.1) is 0 Å². The zero-order valence-corrected chi connectivity index (χ0v) is 12.9. The van der Waals surface area contributed by atoms with Gasteiger partial charge < -0.3 is 19.9 Å². The van der Waals surface area contributed by atoms with Crippen molar-refractivity contribution in [1.29, 1.82) is 0 Å². The van der Waals surface area contributed by atoms with Gasteiger partial charge in [0.05, 0.1) is 12.7 Å². The van der Waals surface area contributed by atoms with Gasteiger partial charge in [-0.15, -0.1) is 0 Å². The van der Waals surface area contributed by atoms with E-state index in [1.165, 1.54) is 18.4 Å². The van der Waals surface area contributed by atoms with Gasteiger partial charge in [-0.3, -0.25) is 0 Å². The molecule has 0 unspecified atom stereocenters. The summed E-state index contributed by atoms with van der Waals surface area (Å²) in [7, 11) is 0. The molecule has 0 atom stereocenters. The van der Waals surface area contributed by atoms with Gasteiger partial charge in [0.2, 0.25) is 0 Å². The maximum absolute atomic E-state index is 8.77. The van der Waals surface area contributed by atoms with Crippen LogP contribution in [-0.2, 0) is 6.54 Å². The molecule has 118 valence electrons. The van der Waals surface area contributed by atoms with Gasteiger partial charge in [0.25, 0.3) is 0 Å². The van der Waals surface area contributed by atoms with Crippen LogP contribution in [0.3, 0.4) is 0 Å². The van der Waals surface area contributed by atoms with E-state index in [4.69, 9.17) is 14.6 Å². The number of aliphatic hydroxyl groups excluding tert-OH is 1. The number of hydrogen-bond donors (Lipinski definition) is 2. The fourth-order valence-corrected chi connectivity index (χ4v) is 2.65. The normalized spacial score (nSPS) is 15.3. The summed E-state index contributed by atoms with van der Waals surface area (Å²) in [6, 6.07) is 6.16. The Morgan fingerprint density at radius 2 is 2.05 bits per heavy atom. The molecule has 0 amide bonds. The first-order valence-corrected chi connectivity index (χ1v) is 8.07. The summed E-state index contributed by atoms with van der Waals surface area (Å²) >= 11 is 0. The molecule has 1 fully saturated rings. The fraction of sp³-hybridized carbons (Fsp3) is 0.647. The van der Waals surface area contributed by atoms with Gasteiger partial charge in [0.15, 0.2) is 11.5 Å². The van der Waals surface area contributed by atoms with Crippen molar-refractivity contribution in [2.45, 2.75) is 51.7 Å². The Bertz CT molecular complexity index is 416. The minimum Gasteiger partial charge on any atom is -0.490 e. The van der Waals surface area contributed by atoms with Crippen LogP contribution < -0.4 is 14.8 Å². The second kappa shape index (κ2) is 8.90. The smallest absolute Gasteiger partial charge is 0.161 e. The third-order valence-electron chi connectivity index (χ3n) is 3.74. The summed E-state index contributed by atoms with van der Waals surface area (Å²) < 4.78 is 11.8. The molecule has 2 rings (SSSR count). The van der Waals surface area contributed by atoms with E-state index in [2.05, 4.69) is 17.4 Å². The molecule has 0 saturated heterocycles. The molecule has 1 aromatic carbocycles. The number of benzene rings is 1. The van der Waals surface area contributed by atoms with Gasteiger partial charge in [-0.2, -0.15) is 0 Å². The lowest BCUT2D eigenvalue weighted by Gasteiger charge is -2.17. The Morgan fingerprint density at radius 3 is 2.76 bits per heavy atom. The van der Waals surface area contributed by atoms with Crippen LogP contribution in [-0.4, -0.2) is 31.0 Å². The molecular formula is C17H27NO3. The van der Waals surface area contributed by atoms with Crippen molar-refractivity contribution in [2.75, 3.05) is 19.8 Å². The molecule has 2 N–H and O–H groups in total. The van der Waals surface area contributed by atoms with Crippen LogP contribution in [0.2, 0.25) is 0 Å². The third kappa shape index (κ3) is 5.21. The van der Waals surface area contributed by atoms with E-state index in [0.717, 1.165) is 43.9 Å². The van der Waals surface area contributed by atoms with Gasteiger partial charge in [0, 0.05) is 13.2 Å². The van der Waals surface area contributed by atoms with Crippen LogP contribution in [0.15, 0.2) is 18.2 Å². The van der Waals surface area contributed by atoms with Gasteiger partial charge in [-0.1, -0.05) is 6.07 Å². The second-order valence-corrected chi connectivity index (χ2v) is 5.49. The van der Waals surface area contributed by atoms with Crippen molar-refractivity contribution in [3.63, 3.8) is 0 Å². The number of rotatable bonds is 9. The zero-order valence-electron chi connectivity index (χ0n) is 12.9. The standard InChI is InChI=1S/C17H27NO3/c1-2-20-17-12-14(13-18-10-5-11-19)8-9-16(17)21-15-6-3-4-7-15/h8-9,12,15,18-19H,2-7,10-11,13H2,1H3. The lowest BCUT2D eigenvalue weighted by Crippen LogP contribution is -2.16. The van der Waals surface area contributed by atoms with E-state index >= 15 is 0 Å². The molecule has 0 spiro atoms. The maximum Gasteiger partial charge on any atom is 0.161 e. The van der Waals surface area contributed by atoms with Crippen LogP contribution in [0.25, 0.3) is 0 Å². The van der Waals surface area contributed by atoms with Gasteiger partial charge in [-0.05, 0) is 63.3 Å². The van der Waals surface area contributed by atoms with Crippen LogP contribution in [0.5, 0.6) is 11.5 Å². The van der Waals surface area contributed by atoms with E-state index in [1.807, 2.05) is 13.0 Å². The fourth-order valence-electron chi connectivity index (χ4n) is 2.65. The Kier molecular flexibility index (Phi) is 6.83. The lowest BCUT2D eigenvalue weighted by atomic mass is 10.2. The minimum atomic E-state index is 0.228. The van der Waals surface area contributed by atoms with E-state index in [0.29, 0.717) is 12.7 Å². The Hall–Kier alpha value is -1.26. The van der Waals surface area contributed by atoms with Gasteiger partial charge in [-0.25, -0.2) is 0 Å². The van der Waals surface area contributed by atoms with Crippen molar-refractivity contribution in [2.24, 2.45) is 0 Å². The predicted octanol–water partition coefficient (Wildman–Crippen LogP) is 2.88. The second-order valence-electron chi connectivity index (χ2n) is 5.49. The highest BCUT2D eigenvalue weighted by molar-refractivity contribution is 5.43. The molecule has 21 heavy (non-hydrogen) atoms. The first-order chi connectivity index (χ1) is 10.3. The number of aliphatic hydroxyl groups is 1. The molecule has 1 aliphatic carbocycles. The lowest BCUT2D eigenvalue weighted by molar-refractivity contribution is 0.196. The summed E-state index contributed by atoms with van der Waals surface area (Å²) in [5, 5.41) is 12.1. The van der Waals surface area contributed by atoms with Crippen molar-refractivity contribution < 1.29 is 14.6 Å². The monoisotopic (exact) mass is 293 g/mol. The molecule has 1 aromatic rings. The first-order valence-electron chi connectivity index (χ1n) is 8.07. The molecule has 0 radical (unpaired) electrons. The van der Waals surface area contributed by atoms with E-state index in [-0.39, 0.29) is 6.61 Å². The largest absolute Gasteiger partial charge is 0.490 e. The highest BCUT2D eigenvalue weighted by atomic mass is 16.5. The van der Waals surface area contributed by atoms with E-state index < -0.39 is 0 Å². The molecule has 0 heterocycles. The van der Waals surface area contributed by atoms with Crippen LogP contribution in [0.4, 0.5) is 0 Å².